The van der Waals surface area contributed by atoms with E-state index in [9.17, 15) is 4.79 Å². The van der Waals surface area contributed by atoms with Crippen LogP contribution in [0, 0.1) is 0 Å². The lowest BCUT2D eigenvalue weighted by Crippen LogP contribution is -2.31. The molecule has 0 saturated heterocycles. The molecule has 1 unspecified atom stereocenters. The average Bonchev–Trinajstić information content (AvgIpc) is 3.05. The molecule has 0 fully saturated rings. The van der Waals surface area contributed by atoms with E-state index in [2.05, 4.69) is 53.5 Å². The zero-order chi connectivity index (χ0) is 18.0. The number of hydrogen-bond donors (Lipinski definition) is 1. The monoisotopic (exact) mass is 336 g/mol. The first-order chi connectivity index (χ1) is 12.0. The second-order valence-electron chi connectivity index (χ2n) is 6.68. The highest BCUT2D eigenvalue weighted by atomic mass is 16.1. The minimum Gasteiger partial charge on any atom is -0.349 e. The summed E-state index contributed by atoms with van der Waals surface area (Å²) < 4.78 is 1.73. The fraction of sp³-hybridized carbons (Fsp3) is 0.350. The molecule has 0 aliphatic heterocycles. The Bertz CT molecular complexity index is 880. The molecule has 1 amide bonds. The molecule has 2 aromatic heterocycles. The van der Waals surface area contributed by atoms with Gasteiger partial charge >= 0.3 is 0 Å². The van der Waals surface area contributed by atoms with Gasteiger partial charge in [-0.05, 0) is 30.9 Å². The molecule has 130 valence electrons. The van der Waals surface area contributed by atoms with Crippen molar-refractivity contribution in [1.82, 2.24) is 19.9 Å². The molecule has 0 bridgehead atoms. The van der Waals surface area contributed by atoms with Crippen LogP contribution >= 0.6 is 0 Å². The van der Waals surface area contributed by atoms with Crippen molar-refractivity contribution in [3.63, 3.8) is 0 Å². The summed E-state index contributed by atoms with van der Waals surface area (Å²) in [6.07, 6.45) is 4.20. The largest absolute Gasteiger partial charge is 0.349 e. The summed E-state index contributed by atoms with van der Waals surface area (Å²) in [7, 11) is 0. The molecule has 0 aliphatic rings. The van der Waals surface area contributed by atoms with Crippen LogP contribution in [0.1, 0.15) is 56.0 Å². The van der Waals surface area contributed by atoms with Gasteiger partial charge in [-0.25, -0.2) is 9.50 Å². The third-order valence-corrected chi connectivity index (χ3v) is 4.51. The molecule has 5 nitrogen and oxygen atoms in total. The highest BCUT2D eigenvalue weighted by Crippen LogP contribution is 2.23. The van der Waals surface area contributed by atoms with Crippen LogP contribution in [-0.4, -0.2) is 26.5 Å². The van der Waals surface area contributed by atoms with Gasteiger partial charge in [0.1, 0.15) is 5.56 Å². The van der Waals surface area contributed by atoms with E-state index in [4.69, 9.17) is 0 Å². The van der Waals surface area contributed by atoms with Crippen molar-refractivity contribution in [3.8, 4) is 11.3 Å². The fourth-order valence-corrected chi connectivity index (χ4v) is 2.71. The van der Waals surface area contributed by atoms with Gasteiger partial charge < -0.3 is 5.32 Å². The number of fused-ring (bicyclic) bond motifs is 1. The molecule has 0 saturated carbocycles. The topological polar surface area (TPSA) is 59.3 Å². The molecule has 0 radical (unpaired) electrons. The van der Waals surface area contributed by atoms with Gasteiger partial charge in [0.25, 0.3) is 5.91 Å². The summed E-state index contributed by atoms with van der Waals surface area (Å²) in [5.41, 5.74) is 4.34. The molecule has 1 atom stereocenters. The first-order valence-electron chi connectivity index (χ1n) is 8.75. The van der Waals surface area contributed by atoms with Gasteiger partial charge in [-0.2, -0.15) is 5.10 Å². The number of hydrogen-bond acceptors (Lipinski definition) is 3. The molecule has 0 spiro atoms. The van der Waals surface area contributed by atoms with Crippen LogP contribution in [0.4, 0.5) is 0 Å². The Balaban J connectivity index is 2.00. The van der Waals surface area contributed by atoms with Gasteiger partial charge in [-0.15, -0.1) is 0 Å². The van der Waals surface area contributed by atoms with E-state index in [-0.39, 0.29) is 11.9 Å². The molecule has 3 aromatic rings. The molecule has 1 N–H and O–H groups in total. The van der Waals surface area contributed by atoms with Crippen molar-refractivity contribution in [3.05, 3.63) is 53.9 Å². The lowest BCUT2D eigenvalue weighted by atomic mass is 10.0. The summed E-state index contributed by atoms with van der Waals surface area (Å²) in [5, 5.41) is 7.37. The standard InChI is InChI=1S/C20H24N4O/c1-5-14(4)23-20(25)17-12-22-24-18(10-11-21-19(17)24)16-8-6-15(7-9-16)13(2)3/h6-14H,5H2,1-4H3,(H,23,25). The van der Waals surface area contributed by atoms with Crippen LogP contribution in [0.5, 0.6) is 0 Å². The first-order valence-corrected chi connectivity index (χ1v) is 8.75. The minimum atomic E-state index is -0.135. The Morgan fingerprint density at radius 3 is 2.52 bits per heavy atom. The Morgan fingerprint density at radius 2 is 1.88 bits per heavy atom. The van der Waals surface area contributed by atoms with Crippen molar-refractivity contribution >= 4 is 11.6 Å². The summed E-state index contributed by atoms with van der Waals surface area (Å²) in [4.78, 5) is 16.8. The van der Waals surface area contributed by atoms with Crippen molar-refractivity contribution < 1.29 is 4.79 Å². The second kappa shape index (κ2) is 7.05. The summed E-state index contributed by atoms with van der Waals surface area (Å²) in [6, 6.07) is 10.5. The molecular formula is C20H24N4O. The quantitative estimate of drug-likeness (QED) is 0.765. The van der Waals surface area contributed by atoms with Crippen LogP contribution < -0.4 is 5.32 Å². The summed E-state index contributed by atoms with van der Waals surface area (Å²) >= 11 is 0. The number of nitrogens with one attached hydrogen (secondary N) is 1. The molecule has 1 aromatic carbocycles. The Labute approximate surface area is 148 Å². The fourth-order valence-electron chi connectivity index (χ4n) is 2.71. The number of benzene rings is 1. The second-order valence-corrected chi connectivity index (χ2v) is 6.68. The zero-order valence-electron chi connectivity index (χ0n) is 15.2. The van der Waals surface area contributed by atoms with Crippen molar-refractivity contribution in [1.29, 1.82) is 0 Å². The van der Waals surface area contributed by atoms with Crippen molar-refractivity contribution in [2.24, 2.45) is 0 Å². The molecular weight excluding hydrogens is 312 g/mol. The highest BCUT2D eigenvalue weighted by molar-refractivity contribution is 6.00. The van der Waals surface area contributed by atoms with Crippen LogP contribution in [0.15, 0.2) is 42.7 Å². The maximum absolute atomic E-state index is 12.5. The van der Waals surface area contributed by atoms with Crippen LogP contribution in [-0.2, 0) is 0 Å². The van der Waals surface area contributed by atoms with Crippen molar-refractivity contribution in [2.75, 3.05) is 0 Å². The van der Waals surface area contributed by atoms with Gasteiger partial charge in [-0.3, -0.25) is 4.79 Å². The minimum absolute atomic E-state index is 0.120. The number of rotatable bonds is 5. The number of amides is 1. The zero-order valence-corrected chi connectivity index (χ0v) is 15.2. The third-order valence-electron chi connectivity index (χ3n) is 4.51. The van der Waals surface area contributed by atoms with Gasteiger partial charge in [0, 0.05) is 17.8 Å². The van der Waals surface area contributed by atoms with Crippen LogP contribution in [0.3, 0.4) is 0 Å². The van der Waals surface area contributed by atoms with E-state index >= 15 is 0 Å². The lowest BCUT2D eigenvalue weighted by Gasteiger charge is -2.10. The summed E-state index contributed by atoms with van der Waals surface area (Å²) in [5.74, 6) is 0.358. The van der Waals surface area contributed by atoms with Gasteiger partial charge in [0.2, 0.25) is 0 Å². The average molecular weight is 336 g/mol. The van der Waals surface area contributed by atoms with Crippen LogP contribution in [0.25, 0.3) is 16.9 Å². The molecule has 3 rings (SSSR count). The summed E-state index contributed by atoms with van der Waals surface area (Å²) in [6.45, 7) is 8.38. The predicted octanol–water partition coefficient (Wildman–Crippen LogP) is 4.05. The number of carbonyl (C=O) groups excluding carboxylic acids is 1. The van der Waals surface area contributed by atoms with Crippen molar-refractivity contribution in [2.45, 2.75) is 46.1 Å². The van der Waals surface area contributed by atoms with E-state index in [1.807, 2.05) is 19.9 Å². The molecule has 5 heteroatoms. The number of carbonyl (C=O) groups is 1. The van der Waals surface area contributed by atoms with E-state index in [0.29, 0.717) is 17.1 Å². The smallest absolute Gasteiger partial charge is 0.256 e. The molecule has 2 heterocycles. The van der Waals surface area contributed by atoms with E-state index < -0.39 is 0 Å². The molecule has 0 aliphatic carbocycles. The normalized spacial score (nSPS) is 12.5. The van der Waals surface area contributed by atoms with Gasteiger partial charge in [-0.1, -0.05) is 45.0 Å². The Morgan fingerprint density at radius 1 is 1.16 bits per heavy atom. The third kappa shape index (κ3) is 3.40. The first kappa shape index (κ1) is 17.1. The van der Waals surface area contributed by atoms with E-state index in [1.165, 1.54) is 5.56 Å². The lowest BCUT2D eigenvalue weighted by molar-refractivity contribution is 0.0940. The maximum Gasteiger partial charge on any atom is 0.256 e. The Kier molecular flexibility index (Phi) is 4.83. The molecule has 25 heavy (non-hydrogen) atoms. The van der Waals surface area contributed by atoms with E-state index in [1.54, 1.807) is 16.9 Å². The van der Waals surface area contributed by atoms with Gasteiger partial charge in [0.15, 0.2) is 5.65 Å². The SMILES string of the molecule is CCC(C)NC(=O)c1cnn2c(-c3ccc(C(C)C)cc3)ccnc12. The maximum atomic E-state index is 12.5. The van der Waals surface area contributed by atoms with E-state index in [0.717, 1.165) is 17.7 Å². The number of nitrogens with zero attached hydrogens (tertiary/aromatic N) is 3. The predicted molar refractivity (Wildman–Crippen MR) is 99.7 cm³/mol. The number of aromatic nitrogens is 3. The highest BCUT2D eigenvalue weighted by Gasteiger charge is 2.17. The van der Waals surface area contributed by atoms with Crippen LogP contribution in [0.2, 0.25) is 0 Å². The Hall–Kier alpha value is -2.69. The van der Waals surface area contributed by atoms with Gasteiger partial charge in [0.05, 0.1) is 11.9 Å².